The number of halogens is 1. The number of hydrogen-bond donors (Lipinski definition) is 1. The van der Waals surface area contributed by atoms with Crippen LogP contribution in [0.4, 0.5) is 0 Å². The van der Waals surface area contributed by atoms with Crippen LogP contribution in [-0.2, 0) is 6.54 Å². The quantitative estimate of drug-likeness (QED) is 0.346. The fourth-order valence-electron chi connectivity index (χ4n) is 4.08. The molecule has 0 spiro atoms. The second-order valence-corrected chi connectivity index (χ2v) is 8.70. The molecule has 1 aliphatic rings. The predicted molar refractivity (Wildman–Crippen MR) is 131 cm³/mol. The highest BCUT2D eigenvalue weighted by atomic mass is 35.5. The molecule has 0 amide bonds. The Labute approximate surface area is 197 Å². The van der Waals surface area contributed by atoms with Crippen molar-refractivity contribution in [2.24, 2.45) is 0 Å². The number of rotatable bonds is 5. The molecule has 6 heteroatoms. The van der Waals surface area contributed by atoms with Crippen molar-refractivity contribution in [2.45, 2.75) is 25.6 Å². The summed E-state index contributed by atoms with van der Waals surface area (Å²) in [6.45, 7) is 2.66. The van der Waals surface area contributed by atoms with E-state index in [0.29, 0.717) is 11.7 Å². The number of pyridine rings is 1. The van der Waals surface area contributed by atoms with Gasteiger partial charge in [0.2, 0.25) is 0 Å². The SMILES string of the molecule is Cc1ccc(-c2ccc([C@H]3[C@H](c4ccccn4)NC(=S)N3Cc3ccccc3)o2)cc1Cl. The van der Waals surface area contributed by atoms with Crippen molar-refractivity contribution in [3.63, 3.8) is 0 Å². The Morgan fingerprint density at radius 1 is 1.03 bits per heavy atom. The largest absolute Gasteiger partial charge is 0.459 e. The van der Waals surface area contributed by atoms with Gasteiger partial charge in [-0.25, -0.2) is 0 Å². The third-order valence-electron chi connectivity index (χ3n) is 5.77. The van der Waals surface area contributed by atoms with Crippen LogP contribution in [0.15, 0.2) is 89.5 Å². The van der Waals surface area contributed by atoms with Crippen LogP contribution in [0, 0.1) is 6.92 Å². The zero-order valence-corrected chi connectivity index (χ0v) is 19.1. The van der Waals surface area contributed by atoms with Gasteiger partial charge < -0.3 is 14.6 Å². The van der Waals surface area contributed by atoms with E-state index < -0.39 is 0 Å². The Morgan fingerprint density at radius 3 is 2.59 bits per heavy atom. The lowest BCUT2D eigenvalue weighted by Crippen LogP contribution is -2.29. The van der Waals surface area contributed by atoms with Gasteiger partial charge in [0.25, 0.3) is 0 Å². The van der Waals surface area contributed by atoms with Crippen molar-refractivity contribution in [1.29, 1.82) is 0 Å². The van der Waals surface area contributed by atoms with E-state index in [2.05, 4.69) is 27.3 Å². The van der Waals surface area contributed by atoms with Gasteiger partial charge in [-0.05, 0) is 60.6 Å². The predicted octanol–water partition coefficient (Wildman–Crippen LogP) is 6.48. The van der Waals surface area contributed by atoms with Gasteiger partial charge in [-0.2, -0.15) is 0 Å². The normalized spacial score (nSPS) is 18.1. The van der Waals surface area contributed by atoms with E-state index in [1.165, 1.54) is 5.56 Å². The summed E-state index contributed by atoms with van der Waals surface area (Å²) in [7, 11) is 0. The van der Waals surface area contributed by atoms with Crippen LogP contribution in [0.25, 0.3) is 11.3 Å². The van der Waals surface area contributed by atoms with Gasteiger partial charge in [-0.3, -0.25) is 4.98 Å². The second-order valence-electron chi connectivity index (χ2n) is 7.91. The molecule has 2 aromatic carbocycles. The maximum atomic E-state index is 6.39. The van der Waals surface area contributed by atoms with E-state index in [0.717, 1.165) is 33.4 Å². The van der Waals surface area contributed by atoms with Gasteiger partial charge in [-0.15, -0.1) is 0 Å². The van der Waals surface area contributed by atoms with E-state index in [9.17, 15) is 0 Å². The minimum atomic E-state index is -0.132. The van der Waals surface area contributed by atoms with Crippen molar-refractivity contribution in [3.05, 3.63) is 113 Å². The zero-order valence-electron chi connectivity index (χ0n) is 17.5. The monoisotopic (exact) mass is 459 g/mol. The molecule has 4 nitrogen and oxygen atoms in total. The van der Waals surface area contributed by atoms with Crippen LogP contribution in [0.3, 0.4) is 0 Å². The lowest BCUT2D eigenvalue weighted by molar-refractivity contribution is 0.269. The van der Waals surface area contributed by atoms with E-state index >= 15 is 0 Å². The third-order valence-corrected chi connectivity index (χ3v) is 6.53. The lowest BCUT2D eigenvalue weighted by atomic mass is 10.0. The zero-order chi connectivity index (χ0) is 22.1. The molecule has 5 rings (SSSR count). The minimum Gasteiger partial charge on any atom is -0.459 e. The van der Waals surface area contributed by atoms with Crippen LogP contribution >= 0.6 is 23.8 Å². The Hall–Kier alpha value is -3.15. The summed E-state index contributed by atoms with van der Waals surface area (Å²) < 4.78 is 6.39. The molecule has 0 saturated carbocycles. The van der Waals surface area contributed by atoms with Gasteiger partial charge in [0.15, 0.2) is 5.11 Å². The molecule has 1 aliphatic heterocycles. The van der Waals surface area contributed by atoms with Gasteiger partial charge in [0.05, 0.1) is 11.7 Å². The molecule has 2 atom stereocenters. The van der Waals surface area contributed by atoms with Crippen molar-refractivity contribution >= 4 is 28.9 Å². The lowest BCUT2D eigenvalue weighted by Gasteiger charge is -2.26. The van der Waals surface area contributed by atoms with Crippen LogP contribution < -0.4 is 5.32 Å². The fraction of sp³-hybridized carbons (Fsp3) is 0.154. The summed E-state index contributed by atoms with van der Waals surface area (Å²) >= 11 is 12.1. The maximum Gasteiger partial charge on any atom is 0.170 e. The Bertz CT molecular complexity index is 1240. The molecule has 1 fully saturated rings. The average Bonchev–Trinajstić information content (AvgIpc) is 3.42. The van der Waals surface area contributed by atoms with E-state index in [4.69, 9.17) is 28.2 Å². The minimum absolute atomic E-state index is 0.118. The van der Waals surface area contributed by atoms with Crippen LogP contribution in [0.5, 0.6) is 0 Å². The standard InChI is InChI=1S/C26H22ClN3OS/c1-17-10-11-19(15-20(17)27)22-12-13-23(31-22)25-24(21-9-5-6-14-28-21)29-26(32)30(25)16-18-7-3-2-4-8-18/h2-15,24-25H,16H2,1H3,(H,29,32)/t24-,25-/m0/s1. The molecule has 2 aromatic heterocycles. The van der Waals surface area contributed by atoms with Crippen LogP contribution in [0.1, 0.15) is 34.7 Å². The van der Waals surface area contributed by atoms with Crippen molar-refractivity contribution in [1.82, 2.24) is 15.2 Å². The van der Waals surface area contributed by atoms with Gasteiger partial charge in [-0.1, -0.05) is 60.1 Å². The van der Waals surface area contributed by atoms with Crippen molar-refractivity contribution in [3.8, 4) is 11.3 Å². The first-order valence-electron chi connectivity index (χ1n) is 10.5. The molecule has 160 valence electrons. The Kier molecular flexibility index (Phi) is 5.68. The molecular weight excluding hydrogens is 438 g/mol. The molecule has 3 heterocycles. The molecular formula is C26H22ClN3OS. The Morgan fingerprint density at radius 2 is 1.84 bits per heavy atom. The van der Waals surface area contributed by atoms with Gasteiger partial charge in [0.1, 0.15) is 17.6 Å². The number of aryl methyl sites for hydroxylation is 1. The Balaban J connectivity index is 1.54. The molecule has 1 N–H and O–H groups in total. The number of aromatic nitrogens is 1. The van der Waals surface area contributed by atoms with Gasteiger partial charge >= 0.3 is 0 Å². The number of nitrogens with one attached hydrogen (secondary N) is 1. The molecule has 1 saturated heterocycles. The highest BCUT2D eigenvalue weighted by molar-refractivity contribution is 7.80. The topological polar surface area (TPSA) is 41.3 Å². The van der Waals surface area contributed by atoms with Crippen molar-refractivity contribution in [2.75, 3.05) is 0 Å². The van der Waals surface area contributed by atoms with Gasteiger partial charge in [0, 0.05) is 23.3 Å². The highest BCUT2D eigenvalue weighted by Crippen LogP contribution is 2.41. The first-order chi connectivity index (χ1) is 15.6. The smallest absolute Gasteiger partial charge is 0.170 e. The summed E-state index contributed by atoms with van der Waals surface area (Å²) in [5, 5.41) is 4.88. The molecule has 0 bridgehead atoms. The number of benzene rings is 2. The maximum absolute atomic E-state index is 6.39. The summed E-state index contributed by atoms with van der Waals surface area (Å²) in [6.07, 6.45) is 1.80. The average molecular weight is 460 g/mol. The third kappa shape index (κ3) is 4.01. The number of nitrogens with zero attached hydrogens (tertiary/aromatic N) is 2. The molecule has 32 heavy (non-hydrogen) atoms. The number of hydrogen-bond acceptors (Lipinski definition) is 3. The van der Waals surface area contributed by atoms with Crippen LogP contribution in [-0.4, -0.2) is 15.0 Å². The number of thiocarbonyl (C=S) groups is 1. The summed E-state index contributed by atoms with van der Waals surface area (Å²) in [5.41, 5.74) is 4.09. The van der Waals surface area contributed by atoms with E-state index in [1.54, 1.807) is 6.20 Å². The van der Waals surface area contributed by atoms with E-state index in [-0.39, 0.29) is 12.1 Å². The molecule has 0 aliphatic carbocycles. The first-order valence-corrected chi connectivity index (χ1v) is 11.3. The summed E-state index contributed by atoms with van der Waals surface area (Å²) in [6, 6.07) is 26.0. The molecule has 0 radical (unpaired) electrons. The van der Waals surface area contributed by atoms with Crippen LogP contribution in [0.2, 0.25) is 5.02 Å². The summed E-state index contributed by atoms with van der Waals surface area (Å²) in [5.74, 6) is 1.61. The number of furan rings is 1. The summed E-state index contributed by atoms with van der Waals surface area (Å²) in [4.78, 5) is 6.77. The second kappa shape index (κ2) is 8.77. The molecule has 4 aromatic rings. The fourth-order valence-corrected chi connectivity index (χ4v) is 4.56. The van der Waals surface area contributed by atoms with Crippen molar-refractivity contribution < 1.29 is 4.42 Å². The molecule has 0 unspecified atom stereocenters. The first kappa shape index (κ1) is 20.7. The highest BCUT2D eigenvalue weighted by Gasteiger charge is 2.41. The van der Waals surface area contributed by atoms with E-state index in [1.807, 2.05) is 73.7 Å².